The fourth-order valence-corrected chi connectivity index (χ4v) is 3.64. The Labute approximate surface area is 151 Å². The van der Waals surface area contributed by atoms with Crippen molar-refractivity contribution >= 4 is 42.6 Å². The van der Waals surface area contributed by atoms with Gasteiger partial charge >= 0.3 is 14.1 Å². The van der Waals surface area contributed by atoms with Gasteiger partial charge in [-0.25, -0.2) is 4.79 Å². The van der Waals surface area contributed by atoms with E-state index in [4.69, 9.17) is 23.2 Å². The summed E-state index contributed by atoms with van der Waals surface area (Å²) in [4.78, 5) is 23.2. The minimum Gasteiger partial charge on any atom is -0.341 e. The Hall–Kier alpha value is -1.65. The Balaban J connectivity index is 2.68. The molecule has 0 spiro atoms. The van der Waals surface area contributed by atoms with Gasteiger partial charge in [0.2, 0.25) is 5.30 Å². The maximum atomic E-state index is 12.2. The van der Waals surface area contributed by atoms with Crippen molar-refractivity contribution in [1.29, 1.82) is 0 Å². The van der Waals surface area contributed by atoms with Crippen LogP contribution >= 0.6 is 31.2 Å². The Bertz CT molecular complexity index is 786. The maximum absolute atomic E-state index is 12.2. The molecule has 0 aliphatic carbocycles. The van der Waals surface area contributed by atoms with E-state index in [-0.39, 0.29) is 11.3 Å². The molecule has 2 unspecified atom stereocenters. The molecule has 0 aliphatic heterocycles. The summed E-state index contributed by atoms with van der Waals surface area (Å²) in [5.74, 6) is 0. The number of carbonyl (C=O) groups excluding carboxylic acids is 1. The third kappa shape index (κ3) is 3.87. The Morgan fingerprint density at radius 2 is 1.88 bits per heavy atom. The van der Waals surface area contributed by atoms with E-state index in [0.717, 1.165) is 0 Å². The van der Waals surface area contributed by atoms with Gasteiger partial charge in [-0.05, 0) is 28.3 Å². The van der Waals surface area contributed by atoms with Gasteiger partial charge in [-0.15, -0.1) is 0 Å². The molecule has 2 amide bonds. The highest BCUT2D eigenvalue weighted by atomic mass is 35.5. The van der Waals surface area contributed by atoms with Crippen molar-refractivity contribution in [2.75, 3.05) is 14.1 Å². The van der Waals surface area contributed by atoms with Crippen LogP contribution in [0.15, 0.2) is 42.5 Å². The Morgan fingerprint density at radius 1 is 1.21 bits per heavy atom. The number of halogens is 2. The van der Waals surface area contributed by atoms with E-state index >= 15 is 0 Å². The molecule has 24 heavy (non-hydrogen) atoms. The minimum atomic E-state index is -2.58. The molecule has 8 heteroatoms. The summed E-state index contributed by atoms with van der Waals surface area (Å²) in [6.45, 7) is 0. The van der Waals surface area contributed by atoms with Gasteiger partial charge < -0.3 is 10.2 Å². The molecule has 2 N–H and O–H groups in total. The summed E-state index contributed by atoms with van der Waals surface area (Å²) in [6.07, 6.45) is 0. The molecule has 0 saturated carbocycles. The number of hydrogen-bond acceptors (Lipinski definition) is 2. The number of hydrogen-bond donors (Lipinski definition) is 2. The number of rotatable bonds is 4. The lowest BCUT2D eigenvalue weighted by Gasteiger charge is -2.29. The lowest BCUT2D eigenvalue weighted by Crippen LogP contribution is -2.39. The van der Waals surface area contributed by atoms with E-state index in [1.165, 1.54) is 11.9 Å². The topological polar surface area (TPSA) is 69.6 Å². The van der Waals surface area contributed by atoms with E-state index < -0.39 is 14.1 Å². The summed E-state index contributed by atoms with van der Waals surface area (Å²) in [7, 11) is 0.524. The van der Waals surface area contributed by atoms with E-state index in [0.29, 0.717) is 21.2 Å². The first kappa shape index (κ1) is 18.7. The monoisotopic (exact) mass is 385 g/mol. The second kappa shape index (κ2) is 7.95. The molecule has 0 fully saturated rings. The van der Waals surface area contributed by atoms with Crippen molar-refractivity contribution in [3.05, 3.63) is 63.6 Å². The van der Waals surface area contributed by atoms with Crippen molar-refractivity contribution in [2.45, 2.75) is 6.04 Å². The van der Waals surface area contributed by atoms with Crippen LogP contribution in [0.25, 0.3) is 0 Å². The molecule has 2 aromatic carbocycles. The number of carbonyl (C=O) groups is 1. The van der Waals surface area contributed by atoms with Crippen molar-refractivity contribution in [1.82, 2.24) is 10.2 Å². The van der Waals surface area contributed by atoms with Crippen molar-refractivity contribution in [3.8, 4) is 0 Å². The molecule has 0 saturated heterocycles. The first-order valence-corrected chi connectivity index (χ1v) is 8.98. The van der Waals surface area contributed by atoms with Crippen LogP contribution in [-0.4, -0.2) is 29.9 Å². The van der Waals surface area contributed by atoms with Crippen LogP contribution in [0, 0.1) is 0 Å². The van der Waals surface area contributed by atoms with Crippen LogP contribution < -0.4 is 10.6 Å². The predicted molar refractivity (Wildman–Crippen MR) is 96.4 cm³/mol. The van der Waals surface area contributed by atoms with Gasteiger partial charge in [-0.2, -0.15) is 4.89 Å². The average molecular weight is 386 g/mol. The van der Waals surface area contributed by atoms with Crippen LogP contribution in [0.1, 0.15) is 17.2 Å². The molecule has 5 nitrogen and oxygen atoms in total. The molecule has 0 heterocycles. The normalized spacial score (nSPS) is 12.5. The number of amides is 2. The Morgan fingerprint density at radius 3 is 2.46 bits per heavy atom. The summed E-state index contributed by atoms with van der Waals surface area (Å²) in [5.41, 5.74) is 1.13. The minimum absolute atomic E-state index is 0.249. The third-order valence-electron chi connectivity index (χ3n) is 3.62. The molecular formula is C16H16Cl2N2O3P+. The fourth-order valence-electron chi connectivity index (χ4n) is 2.49. The smallest absolute Gasteiger partial charge is 0.341 e. The zero-order chi connectivity index (χ0) is 17.9. The van der Waals surface area contributed by atoms with Gasteiger partial charge in [0.15, 0.2) is 0 Å². The highest BCUT2D eigenvalue weighted by Gasteiger charge is 2.32. The lowest BCUT2D eigenvalue weighted by molar-refractivity contribution is 0.201. The number of nitrogens with one attached hydrogen (secondary N) is 1. The second-order valence-corrected chi connectivity index (χ2v) is 6.94. The largest absolute Gasteiger partial charge is 0.546 e. The molecular weight excluding hydrogens is 370 g/mol. The van der Waals surface area contributed by atoms with Gasteiger partial charge in [0.1, 0.15) is 0 Å². The first-order chi connectivity index (χ1) is 11.4. The highest BCUT2D eigenvalue weighted by Crippen LogP contribution is 2.35. The van der Waals surface area contributed by atoms with E-state index in [1.807, 2.05) is 0 Å². The van der Waals surface area contributed by atoms with Crippen LogP contribution in [0.3, 0.4) is 0 Å². The molecule has 0 aliphatic rings. The fraction of sp³-hybridized carbons (Fsp3) is 0.188. The molecule has 0 aromatic heterocycles. The van der Waals surface area contributed by atoms with Crippen molar-refractivity contribution < 1.29 is 14.3 Å². The molecule has 2 atom stereocenters. The zero-order valence-electron chi connectivity index (χ0n) is 13.0. The van der Waals surface area contributed by atoms with E-state index in [1.54, 1.807) is 49.5 Å². The predicted octanol–water partition coefficient (Wildman–Crippen LogP) is 3.71. The quantitative estimate of drug-likeness (QED) is 0.788. The SMILES string of the molecule is CNC(=O)N(C)C(c1ccc(Cl)cc1Cl)c1ccccc1[P+](=O)O. The standard InChI is InChI=1S/C16H15Cl2N2O3P/c1-19-16(21)20(2)15(11-8-7-10(17)9-13(11)18)12-5-3-4-6-14(12)24(22)23/h3-9,15H,1-2H3,(H-,19,21,22,23)/p+1. The van der Waals surface area contributed by atoms with Crippen LogP contribution in [-0.2, 0) is 4.57 Å². The van der Waals surface area contributed by atoms with Crippen molar-refractivity contribution in [2.24, 2.45) is 0 Å². The summed E-state index contributed by atoms with van der Waals surface area (Å²) >= 11 is 12.3. The molecule has 0 bridgehead atoms. The lowest BCUT2D eigenvalue weighted by atomic mass is 9.97. The van der Waals surface area contributed by atoms with Gasteiger partial charge in [-0.3, -0.25) is 0 Å². The number of nitrogens with zero attached hydrogens (tertiary/aromatic N) is 1. The number of urea groups is 1. The van der Waals surface area contributed by atoms with E-state index in [9.17, 15) is 14.3 Å². The Kier molecular flexibility index (Phi) is 6.19. The third-order valence-corrected chi connectivity index (χ3v) is 5.00. The summed E-state index contributed by atoms with van der Waals surface area (Å²) in [5, 5.41) is 3.63. The second-order valence-electron chi connectivity index (χ2n) is 5.07. The molecule has 2 rings (SSSR count). The molecule has 0 radical (unpaired) electrons. The zero-order valence-corrected chi connectivity index (χ0v) is 15.4. The summed E-state index contributed by atoms with van der Waals surface area (Å²) < 4.78 is 11.7. The van der Waals surface area contributed by atoms with Gasteiger partial charge in [0.05, 0.1) is 6.04 Å². The van der Waals surface area contributed by atoms with Crippen LogP contribution in [0.4, 0.5) is 4.79 Å². The average Bonchev–Trinajstić information content (AvgIpc) is 2.56. The maximum Gasteiger partial charge on any atom is 0.546 e. The van der Waals surface area contributed by atoms with Crippen molar-refractivity contribution in [3.63, 3.8) is 0 Å². The summed E-state index contributed by atoms with van der Waals surface area (Å²) in [6, 6.07) is 10.6. The van der Waals surface area contributed by atoms with Gasteiger partial charge in [0.25, 0.3) is 0 Å². The highest BCUT2D eigenvalue weighted by molar-refractivity contribution is 7.47. The first-order valence-electron chi connectivity index (χ1n) is 7.01. The number of benzene rings is 2. The van der Waals surface area contributed by atoms with Gasteiger partial charge in [-0.1, -0.05) is 47.5 Å². The van der Waals surface area contributed by atoms with Crippen LogP contribution in [0.5, 0.6) is 0 Å². The van der Waals surface area contributed by atoms with E-state index in [2.05, 4.69) is 5.32 Å². The molecule has 2 aromatic rings. The van der Waals surface area contributed by atoms with Crippen LogP contribution in [0.2, 0.25) is 10.0 Å². The van der Waals surface area contributed by atoms with Gasteiger partial charge in [0, 0.05) is 29.7 Å². The molecule has 126 valence electrons.